The van der Waals surface area contributed by atoms with Gasteiger partial charge in [0.15, 0.2) is 8.32 Å². The lowest BCUT2D eigenvalue weighted by molar-refractivity contribution is -0.0923. The van der Waals surface area contributed by atoms with Gasteiger partial charge in [0.05, 0.1) is 11.7 Å². The van der Waals surface area contributed by atoms with E-state index in [-0.39, 0.29) is 29.8 Å². The first-order chi connectivity index (χ1) is 11.2. The number of carbonyl (C=O) groups is 1. The maximum absolute atomic E-state index is 12.1. The van der Waals surface area contributed by atoms with E-state index in [1.54, 1.807) is 12.1 Å². The topological polar surface area (TPSA) is 44.8 Å². The first-order valence-corrected chi connectivity index (χ1v) is 11.6. The third kappa shape index (κ3) is 4.91. The minimum absolute atomic E-state index is 0.00298. The van der Waals surface area contributed by atoms with Crippen molar-refractivity contribution in [3.8, 4) is 0 Å². The number of rotatable bonds is 5. The molecule has 1 fully saturated rings. The molecule has 134 valence electrons. The van der Waals surface area contributed by atoms with Crippen LogP contribution < -0.4 is 0 Å². The summed E-state index contributed by atoms with van der Waals surface area (Å²) in [4.78, 5) is 12.1. The molecule has 0 spiro atoms. The van der Waals surface area contributed by atoms with Crippen molar-refractivity contribution in [3.05, 3.63) is 35.9 Å². The number of esters is 1. The highest BCUT2D eigenvalue weighted by Crippen LogP contribution is 2.38. The fraction of sp³-hybridized carbons (Fsp3) is 0.632. The van der Waals surface area contributed by atoms with E-state index >= 15 is 0 Å². The van der Waals surface area contributed by atoms with Gasteiger partial charge in [-0.2, -0.15) is 0 Å². The summed E-state index contributed by atoms with van der Waals surface area (Å²) < 4.78 is 17.8. The van der Waals surface area contributed by atoms with Crippen molar-refractivity contribution in [1.29, 1.82) is 0 Å². The fourth-order valence-electron chi connectivity index (χ4n) is 2.47. The molecule has 0 radical (unpaired) electrons. The van der Waals surface area contributed by atoms with E-state index in [2.05, 4.69) is 33.9 Å². The van der Waals surface area contributed by atoms with Gasteiger partial charge in [0.2, 0.25) is 0 Å². The molecular formula is C19H30O4Si. The van der Waals surface area contributed by atoms with Gasteiger partial charge in [0.25, 0.3) is 0 Å². The van der Waals surface area contributed by atoms with Crippen LogP contribution >= 0.6 is 0 Å². The zero-order valence-corrected chi connectivity index (χ0v) is 16.5. The van der Waals surface area contributed by atoms with Gasteiger partial charge in [0.1, 0.15) is 12.7 Å². The van der Waals surface area contributed by atoms with E-state index in [1.807, 2.05) is 18.2 Å². The van der Waals surface area contributed by atoms with Crippen molar-refractivity contribution in [1.82, 2.24) is 0 Å². The monoisotopic (exact) mass is 350 g/mol. The molecule has 0 aliphatic carbocycles. The molecule has 1 aromatic carbocycles. The smallest absolute Gasteiger partial charge is 0.338 e. The maximum Gasteiger partial charge on any atom is 0.338 e. The van der Waals surface area contributed by atoms with Crippen LogP contribution in [0.2, 0.25) is 18.1 Å². The Balaban J connectivity index is 1.96. The van der Waals surface area contributed by atoms with E-state index in [0.717, 1.165) is 12.8 Å². The second kappa shape index (κ2) is 7.81. The molecule has 1 saturated heterocycles. The molecule has 0 bridgehead atoms. The van der Waals surface area contributed by atoms with Crippen LogP contribution in [-0.4, -0.2) is 39.7 Å². The van der Waals surface area contributed by atoms with Crippen LogP contribution in [0.4, 0.5) is 0 Å². The van der Waals surface area contributed by atoms with Crippen LogP contribution in [-0.2, 0) is 13.9 Å². The lowest BCUT2D eigenvalue weighted by Crippen LogP contribution is -2.50. The number of benzene rings is 1. The molecule has 1 aliphatic rings. The van der Waals surface area contributed by atoms with E-state index in [9.17, 15) is 4.79 Å². The molecule has 4 nitrogen and oxygen atoms in total. The quantitative estimate of drug-likeness (QED) is 0.583. The van der Waals surface area contributed by atoms with Crippen molar-refractivity contribution < 1.29 is 18.7 Å². The molecular weight excluding hydrogens is 320 g/mol. The Labute approximate surface area is 146 Å². The van der Waals surface area contributed by atoms with Gasteiger partial charge in [-0.3, -0.25) is 0 Å². The third-order valence-corrected chi connectivity index (χ3v) is 9.52. The minimum Gasteiger partial charge on any atom is -0.459 e. The van der Waals surface area contributed by atoms with Crippen molar-refractivity contribution in [2.45, 2.75) is 64.0 Å². The highest BCUT2D eigenvalue weighted by molar-refractivity contribution is 6.74. The van der Waals surface area contributed by atoms with Crippen LogP contribution in [0.1, 0.15) is 44.0 Å². The van der Waals surface area contributed by atoms with E-state index < -0.39 is 8.32 Å². The molecule has 0 amide bonds. The highest BCUT2D eigenvalue weighted by Gasteiger charge is 2.41. The molecule has 2 atom stereocenters. The zero-order chi connectivity index (χ0) is 17.8. The number of ether oxygens (including phenoxy) is 2. The minimum atomic E-state index is -1.87. The van der Waals surface area contributed by atoms with Gasteiger partial charge < -0.3 is 13.9 Å². The van der Waals surface area contributed by atoms with Crippen molar-refractivity contribution in [2.24, 2.45) is 0 Å². The van der Waals surface area contributed by atoms with Crippen LogP contribution in [0, 0.1) is 0 Å². The lowest BCUT2D eigenvalue weighted by Gasteiger charge is -2.42. The Morgan fingerprint density at radius 2 is 1.92 bits per heavy atom. The molecule has 0 N–H and O–H groups in total. The van der Waals surface area contributed by atoms with Crippen LogP contribution in [0.3, 0.4) is 0 Å². The molecule has 0 aromatic heterocycles. The normalized spacial score (nSPS) is 22.2. The summed E-state index contributed by atoms with van der Waals surface area (Å²) in [5.74, 6) is -0.309. The molecule has 1 aromatic rings. The van der Waals surface area contributed by atoms with Crippen LogP contribution in [0.15, 0.2) is 30.3 Å². The summed E-state index contributed by atoms with van der Waals surface area (Å²) in [6.45, 7) is 12.1. The standard InChI is InChI=1S/C19H30O4Si/c1-19(2,3)24(4,5)23-16-12-9-13-21-17(16)14-22-18(20)15-10-7-6-8-11-15/h6-8,10-11,16-17H,9,12-14H2,1-5H3/t16-,17+/m0/s1. The van der Waals surface area contributed by atoms with Gasteiger partial charge in [0, 0.05) is 6.61 Å². The van der Waals surface area contributed by atoms with Gasteiger partial charge in [-0.1, -0.05) is 39.0 Å². The second-order valence-corrected chi connectivity index (χ2v) is 12.7. The molecule has 0 unspecified atom stereocenters. The number of hydrogen-bond acceptors (Lipinski definition) is 4. The maximum atomic E-state index is 12.1. The number of hydrogen-bond donors (Lipinski definition) is 0. The Hall–Kier alpha value is -1.17. The van der Waals surface area contributed by atoms with Crippen molar-refractivity contribution >= 4 is 14.3 Å². The molecule has 2 rings (SSSR count). The largest absolute Gasteiger partial charge is 0.459 e. The Morgan fingerprint density at radius 3 is 2.54 bits per heavy atom. The van der Waals surface area contributed by atoms with Gasteiger partial charge in [-0.25, -0.2) is 4.79 Å². The number of carbonyl (C=O) groups excluding carboxylic acids is 1. The SMILES string of the molecule is CC(C)(C)[Si](C)(C)O[C@H]1CCCO[C@@H]1COC(=O)c1ccccc1. The van der Waals surface area contributed by atoms with Crippen molar-refractivity contribution in [3.63, 3.8) is 0 Å². The summed E-state index contributed by atoms with van der Waals surface area (Å²) >= 11 is 0. The summed E-state index contributed by atoms with van der Waals surface area (Å²) in [5.41, 5.74) is 0.565. The van der Waals surface area contributed by atoms with Gasteiger partial charge >= 0.3 is 5.97 Å². The zero-order valence-electron chi connectivity index (χ0n) is 15.5. The lowest BCUT2D eigenvalue weighted by atomic mass is 10.1. The predicted molar refractivity (Wildman–Crippen MR) is 97.8 cm³/mol. The molecule has 24 heavy (non-hydrogen) atoms. The summed E-state index contributed by atoms with van der Waals surface area (Å²) in [5, 5.41) is 0.149. The average Bonchev–Trinajstić information content (AvgIpc) is 2.53. The first kappa shape index (κ1) is 19.2. The van der Waals surface area contributed by atoms with Gasteiger partial charge in [-0.15, -0.1) is 0 Å². The Morgan fingerprint density at radius 1 is 1.25 bits per heavy atom. The molecule has 1 aliphatic heterocycles. The Kier molecular flexibility index (Phi) is 6.23. The predicted octanol–water partition coefficient (Wildman–Crippen LogP) is 4.41. The molecule has 0 saturated carbocycles. The summed E-state index contributed by atoms with van der Waals surface area (Å²) in [6.07, 6.45) is 1.77. The molecule has 1 heterocycles. The average molecular weight is 351 g/mol. The summed E-state index contributed by atoms with van der Waals surface area (Å²) in [7, 11) is -1.87. The van der Waals surface area contributed by atoms with E-state index in [0.29, 0.717) is 12.2 Å². The third-order valence-electron chi connectivity index (χ3n) is 5.02. The van der Waals surface area contributed by atoms with E-state index in [4.69, 9.17) is 13.9 Å². The van der Waals surface area contributed by atoms with Crippen LogP contribution in [0.5, 0.6) is 0 Å². The van der Waals surface area contributed by atoms with E-state index in [1.165, 1.54) is 0 Å². The molecule has 5 heteroatoms. The summed E-state index contributed by atoms with van der Waals surface area (Å²) in [6, 6.07) is 9.06. The van der Waals surface area contributed by atoms with Gasteiger partial charge in [-0.05, 0) is 43.1 Å². The van der Waals surface area contributed by atoms with Crippen LogP contribution in [0.25, 0.3) is 0 Å². The first-order valence-electron chi connectivity index (χ1n) is 8.72. The highest BCUT2D eigenvalue weighted by atomic mass is 28.4. The second-order valence-electron chi connectivity index (χ2n) is 7.93. The fourth-order valence-corrected chi connectivity index (χ4v) is 3.85. The Bertz CT molecular complexity index is 536. The van der Waals surface area contributed by atoms with Crippen molar-refractivity contribution in [2.75, 3.05) is 13.2 Å².